The second-order valence-electron chi connectivity index (χ2n) is 4.77. The zero-order valence-corrected chi connectivity index (χ0v) is 15.4. The molecule has 0 aliphatic rings. The highest BCUT2D eigenvalue weighted by Crippen LogP contribution is 2.31. The van der Waals surface area contributed by atoms with Gasteiger partial charge in [-0.15, -0.1) is 22.7 Å². The van der Waals surface area contributed by atoms with E-state index in [1.54, 1.807) is 29.0 Å². The quantitative estimate of drug-likeness (QED) is 0.655. The molecule has 0 aromatic carbocycles. The number of hydrogen-bond donors (Lipinski definition) is 1. The van der Waals surface area contributed by atoms with Gasteiger partial charge in [0, 0.05) is 6.54 Å². The molecule has 0 spiro atoms. The summed E-state index contributed by atoms with van der Waals surface area (Å²) in [6, 6.07) is 9.29. The van der Waals surface area contributed by atoms with Gasteiger partial charge in [0.2, 0.25) is 10.0 Å². The molecule has 0 aliphatic carbocycles. The normalized spacial score (nSPS) is 13.8. The molecule has 0 saturated carbocycles. The van der Waals surface area contributed by atoms with E-state index in [9.17, 15) is 16.8 Å². The molecule has 3 aromatic heterocycles. The first kappa shape index (κ1) is 17.4. The van der Waals surface area contributed by atoms with Crippen LogP contribution >= 0.6 is 22.7 Å². The minimum Gasteiger partial charge on any atom is -0.468 e. The number of hydrogen-bond acceptors (Lipinski definition) is 7. The third kappa shape index (κ3) is 3.47. The maximum absolute atomic E-state index is 12.8. The lowest BCUT2D eigenvalue weighted by Crippen LogP contribution is -2.31. The maximum Gasteiger partial charge on any atom is 0.250 e. The molecule has 3 aromatic rings. The highest BCUT2D eigenvalue weighted by molar-refractivity contribution is 7.94. The molecule has 128 valence electrons. The van der Waals surface area contributed by atoms with Gasteiger partial charge in [0.15, 0.2) is 9.84 Å². The molecule has 10 heteroatoms. The van der Waals surface area contributed by atoms with Crippen LogP contribution in [-0.2, 0) is 19.9 Å². The molecule has 1 unspecified atom stereocenters. The summed E-state index contributed by atoms with van der Waals surface area (Å²) in [7, 11) is -7.54. The summed E-state index contributed by atoms with van der Waals surface area (Å²) in [4.78, 5) is 0. The standard InChI is InChI=1S/C14H13NO5S4/c16-23(17,13-5-2-8-21-13)12(11-4-1-7-20-11)10-15-24(18,19)14-6-3-9-22-14/h1-9,12,15H,10H2. The van der Waals surface area contributed by atoms with E-state index in [0.717, 1.165) is 22.7 Å². The van der Waals surface area contributed by atoms with Gasteiger partial charge in [0.05, 0.1) is 6.26 Å². The number of sulfone groups is 1. The zero-order valence-electron chi connectivity index (χ0n) is 12.2. The summed E-state index contributed by atoms with van der Waals surface area (Å²) < 4.78 is 58.0. The molecule has 0 aliphatic heterocycles. The molecular weight excluding hydrogens is 390 g/mol. The van der Waals surface area contributed by atoms with E-state index in [4.69, 9.17) is 4.42 Å². The Kier molecular flexibility index (Phi) is 4.92. The zero-order chi connectivity index (χ0) is 17.2. The van der Waals surface area contributed by atoms with E-state index in [2.05, 4.69) is 4.72 Å². The first-order valence-electron chi connectivity index (χ1n) is 6.75. The van der Waals surface area contributed by atoms with Gasteiger partial charge in [-0.1, -0.05) is 12.1 Å². The van der Waals surface area contributed by atoms with Crippen molar-refractivity contribution in [3.05, 3.63) is 59.2 Å². The average molecular weight is 404 g/mol. The molecule has 0 saturated heterocycles. The Balaban J connectivity index is 1.90. The van der Waals surface area contributed by atoms with E-state index in [1.807, 2.05) is 0 Å². The Morgan fingerprint density at radius 1 is 0.958 bits per heavy atom. The van der Waals surface area contributed by atoms with Crippen molar-refractivity contribution in [3.8, 4) is 0 Å². The van der Waals surface area contributed by atoms with Crippen LogP contribution in [0.4, 0.5) is 0 Å². The van der Waals surface area contributed by atoms with Crippen LogP contribution in [0.3, 0.4) is 0 Å². The lowest BCUT2D eigenvalue weighted by atomic mass is 10.3. The highest BCUT2D eigenvalue weighted by atomic mass is 32.2. The smallest absolute Gasteiger partial charge is 0.250 e. The Labute approximate surface area is 147 Å². The van der Waals surface area contributed by atoms with Crippen LogP contribution in [0.15, 0.2) is 66.3 Å². The largest absolute Gasteiger partial charge is 0.468 e. The SMILES string of the molecule is O=S(=O)(NCC(c1ccco1)S(=O)(=O)c1cccs1)c1cccs1. The van der Waals surface area contributed by atoms with Crippen molar-refractivity contribution in [2.24, 2.45) is 0 Å². The van der Waals surface area contributed by atoms with E-state index < -0.39 is 25.1 Å². The van der Waals surface area contributed by atoms with Gasteiger partial charge in [-0.3, -0.25) is 0 Å². The molecule has 24 heavy (non-hydrogen) atoms. The van der Waals surface area contributed by atoms with Gasteiger partial charge in [-0.2, -0.15) is 0 Å². The molecular formula is C14H13NO5S4. The monoisotopic (exact) mass is 403 g/mol. The van der Waals surface area contributed by atoms with Crippen molar-refractivity contribution in [2.75, 3.05) is 6.54 Å². The number of sulfonamides is 1. The van der Waals surface area contributed by atoms with Gasteiger partial charge >= 0.3 is 0 Å². The Bertz CT molecular complexity index is 972. The van der Waals surface area contributed by atoms with Crippen molar-refractivity contribution in [2.45, 2.75) is 13.7 Å². The van der Waals surface area contributed by atoms with Crippen LogP contribution in [0.5, 0.6) is 0 Å². The number of nitrogens with one attached hydrogen (secondary N) is 1. The first-order chi connectivity index (χ1) is 11.4. The Hall–Kier alpha value is -1.46. The van der Waals surface area contributed by atoms with Crippen LogP contribution < -0.4 is 4.72 Å². The van der Waals surface area contributed by atoms with Gasteiger partial charge in [-0.05, 0) is 35.0 Å². The fraction of sp³-hybridized carbons (Fsp3) is 0.143. The Morgan fingerprint density at radius 2 is 1.62 bits per heavy atom. The van der Waals surface area contributed by atoms with Crippen molar-refractivity contribution in [3.63, 3.8) is 0 Å². The molecule has 1 atom stereocenters. The van der Waals surface area contributed by atoms with Crippen molar-refractivity contribution in [1.29, 1.82) is 0 Å². The highest BCUT2D eigenvalue weighted by Gasteiger charge is 2.33. The van der Waals surface area contributed by atoms with Gasteiger partial charge in [0.25, 0.3) is 0 Å². The number of rotatable bonds is 7. The summed E-state index contributed by atoms with van der Waals surface area (Å²) in [6.07, 6.45) is 1.36. The summed E-state index contributed by atoms with van der Waals surface area (Å²) in [6.45, 7) is -0.312. The predicted octanol–water partition coefficient (Wildman–Crippen LogP) is 2.90. The first-order valence-corrected chi connectivity index (χ1v) is 11.5. The van der Waals surface area contributed by atoms with Crippen LogP contribution in [-0.4, -0.2) is 23.4 Å². The third-order valence-corrected chi connectivity index (χ3v) is 9.54. The van der Waals surface area contributed by atoms with Gasteiger partial charge in [-0.25, -0.2) is 21.6 Å². The molecule has 0 amide bonds. The van der Waals surface area contributed by atoms with Crippen molar-refractivity contribution < 1.29 is 21.3 Å². The minimum absolute atomic E-state index is 0.134. The molecule has 3 rings (SSSR count). The lowest BCUT2D eigenvalue weighted by molar-refractivity contribution is 0.487. The molecule has 3 heterocycles. The minimum atomic E-state index is -3.77. The fourth-order valence-corrected chi connectivity index (χ4v) is 7.06. The summed E-state index contributed by atoms with van der Waals surface area (Å²) in [5.41, 5.74) is 0. The van der Waals surface area contributed by atoms with Crippen molar-refractivity contribution >= 4 is 42.5 Å². The third-order valence-electron chi connectivity index (χ3n) is 3.23. The topological polar surface area (TPSA) is 93.4 Å². The van der Waals surface area contributed by atoms with E-state index in [0.29, 0.717) is 0 Å². The molecule has 0 bridgehead atoms. The molecule has 6 nitrogen and oxygen atoms in total. The van der Waals surface area contributed by atoms with E-state index in [-0.39, 0.29) is 20.7 Å². The summed E-state index contributed by atoms with van der Waals surface area (Å²) >= 11 is 2.14. The van der Waals surface area contributed by atoms with Crippen molar-refractivity contribution in [1.82, 2.24) is 4.72 Å². The molecule has 0 radical (unpaired) electrons. The summed E-state index contributed by atoms with van der Waals surface area (Å²) in [5.74, 6) is 0.192. The number of furan rings is 1. The van der Waals surface area contributed by atoms with Crippen LogP contribution in [0, 0.1) is 0 Å². The lowest BCUT2D eigenvalue weighted by Gasteiger charge is -2.15. The molecule has 0 fully saturated rings. The molecule has 1 N–H and O–H groups in total. The second kappa shape index (κ2) is 6.81. The predicted molar refractivity (Wildman–Crippen MR) is 92.5 cm³/mol. The summed E-state index contributed by atoms with van der Waals surface area (Å²) in [5, 5.41) is 2.16. The van der Waals surface area contributed by atoms with E-state index in [1.165, 1.54) is 24.5 Å². The Morgan fingerprint density at radius 3 is 2.17 bits per heavy atom. The number of thiophene rings is 2. The van der Waals surface area contributed by atoms with Crippen LogP contribution in [0.1, 0.15) is 11.0 Å². The maximum atomic E-state index is 12.8. The van der Waals surface area contributed by atoms with Gasteiger partial charge < -0.3 is 4.42 Å². The van der Waals surface area contributed by atoms with Crippen LogP contribution in [0.2, 0.25) is 0 Å². The van der Waals surface area contributed by atoms with Crippen LogP contribution in [0.25, 0.3) is 0 Å². The van der Waals surface area contributed by atoms with E-state index >= 15 is 0 Å². The fourth-order valence-electron chi connectivity index (χ4n) is 2.08. The second-order valence-corrected chi connectivity index (χ2v) is 11.0. The average Bonchev–Trinajstić information content (AvgIpc) is 3.28. The van der Waals surface area contributed by atoms with Gasteiger partial charge in [0.1, 0.15) is 19.4 Å².